The van der Waals surface area contributed by atoms with Gasteiger partial charge < -0.3 is 18.6 Å². The summed E-state index contributed by atoms with van der Waals surface area (Å²) in [6.45, 7) is 0. The highest BCUT2D eigenvalue weighted by Gasteiger charge is 2.18. The van der Waals surface area contributed by atoms with Gasteiger partial charge in [-0.1, -0.05) is 133 Å². The number of furan rings is 2. The van der Waals surface area contributed by atoms with Crippen molar-refractivity contribution in [2.75, 3.05) is 9.80 Å². The van der Waals surface area contributed by atoms with Gasteiger partial charge in [0.2, 0.25) is 0 Å². The fraction of sp³-hybridized carbons (Fsp3) is 0. The monoisotopic (exact) mass is 744 g/mol. The molecule has 4 heteroatoms. The van der Waals surface area contributed by atoms with Gasteiger partial charge in [0.15, 0.2) is 0 Å². The fourth-order valence-corrected chi connectivity index (χ4v) is 8.33. The Bertz CT molecular complexity index is 2980. The minimum Gasteiger partial charge on any atom is -0.455 e. The largest absolute Gasteiger partial charge is 0.455 e. The Morgan fingerprint density at radius 3 is 0.948 bits per heavy atom. The number of fused-ring (bicyclic) bond motifs is 6. The Morgan fingerprint density at radius 1 is 0.241 bits per heavy atom. The number of hydrogen-bond acceptors (Lipinski definition) is 4. The Balaban J connectivity index is 0.943. The first-order valence-electron chi connectivity index (χ1n) is 19.6. The van der Waals surface area contributed by atoms with Crippen LogP contribution in [0.25, 0.3) is 66.1 Å². The molecule has 0 amide bonds. The van der Waals surface area contributed by atoms with Gasteiger partial charge in [-0.2, -0.15) is 0 Å². The Kier molecular flexibility index (Phi) is 8.11. The van der Waals surface area contributed by atoms with Gasteiger partial charge in [0, 0.05) is 66.8 Å². The van der Waals surface area contributed by atoms with Crippen LogP contribution in [0.15, 0.2) is 227 Å². The van der Waals surface area contributed by atoms with Crippen LogP contribution >= 0.6 is 0 Å². The quantitative estimate of drug-likeness (QED) is 0.155. The normalized spacial score (nSPS) is 11.4. The molecule has 2 aromatic heterocycles. The summed E-state index contributed by atoms with van der Waals surface area (Å²) in [5.74, 6) is 0. The average Bonchev–Trinajstić information content (AvgIpc) is 3.87. The first kappa shape index (κ1) is 33.5. The first-order valence-corrected chi connectivity index (χ1v) is 19.6. The zero-order valence-electron chi connectivity index (χ0n) is 31.5. The van der Waals surface area contributed by atoms with E-state index in [9.17, 15) is 0 Å². The van der Waals surface area contributed by atoms with Crippen molar-refractivity contribution in [2.45, 2.75) is 0 Å². The van der Waals surface area contributed by atoms with Crippen molar-refractivity contribution >= 4 is 78.0 Å². The third-order valence-electron chi connectivity index (χ3n) is 11.1. The third-order valence-corrected chi connectivity index (χ3v) is 11.1. The minimum atomic E-state index is 0.903. The molecule has 11 aromatic rings. The molecule has 0 atom stereocenters. The second-order valence-electron chi connectivity index (χ2n) is 14.5. The second kappa shape index (κ2) is 14.0. The van der Waals surface area contributed by atoms with Gasteiger partial charge in [-0.3, -0.25) is 0 Å². The summed E-state index contributed by atoms with van der Waals surface area (Å²) in [6.07, 6.45) is 0. The van der Waals surface area contributed by atoms with E-state index >= 15 is 0 Å². The molecule has 11 rings (SSSR count). The zero-order chi connectivity index (χ0) is 38.4. The molecule has 0 saturated heterocycles. The number of benzene rings is 9. The summed E-state index contributed by atoms with van der Waals surface area (Å²) in [5.41, 5.74) is 14.4. The van der Waals surface area contributed by atoms with Crippen molar-refractivity contribution in [1.82, 2.24) is 0 Å². The van der Waals surface area contributed by atoms with E-state index in [2.05, 4.69) is 204 Å². The van der Waals surface area contributed by atoms with E-state index < -0.39 is 0 Å². The molecule has 0 radical (unpaired) electrons. The molecule has 0 bridgehead atoms. The molecular weight excluding hydrogens is 709 g/mol. The second-order valence-corrected chi connectivity index (χ2v) is 14.5. The summed E-state index contributed by atoms with van der Waals surface area (Å²) < 4.78 is 12.8. The summed E-state index contributed by atoms with van der Waals surface area (Å²) in [7, 11) is 0. The van der Waals surface area contributed by atoms with E-state index in [0.717, 1.165) is 100 Å². The number of rotatable bonds is 8. The molecule has 2 heterocycles. The maximum absolute atomic E-state index is 6.38. The van der Waals surface area contributed by atoms with Crippen molar-refractivity contribution in [3.63, 3.8) is 0 Å². The highest BCUT2D eigenvalue weighted by molar-refractivity contribution is 6.10. The van der Waals surface area contributed by atoms with Gasteiger partial charge in [-0.05, 0) is 96.1 Å². The van der Waals surface area contributed by atoms with Crippen LogP contribution in [0.5, 0.6) is 0 Å². The molecular formula is C54H36N2O2. The van der Waals surface area contributed by atoms with Gasteiger partial charge >= 0.3 is 0 Å². The van der Waals surface area contributed by atoms with E-state index in [1.165, 1.54) is 0 Å². The topological polar surface area (TPSA) is 32.8 Å². The molecule has 0 aliphatic heterocycles. The van der Waals surface area contributed by atoms with Crippen molar-refractivity contribution in [3.8, 4) is 22.3 Å². The molecule has 0 fully saturated rings. The van der Waals surface area contributed by atoms with Gasteiger partial charge in [0.1, 0.15) is 22.3 Å². The van der Waals surface area contributed by atoms with Crippen molar-refractivity contribution in [2.24, 2.45) is 0 Å². The molecule has 4 nitrogen and oxygen atoms in total. The molecule has 0 N–H and O–H groups in total. The van der Waals surface area contributed by atoms with Gasteiger partial charge in [0.25, 0.3) is 0 Å². The molecule has 274 valence electrons. The highest BCUT2D eigenvalue weighted by Crippen LogP contribution is 2.42. The lowest BCUT2D eigenvalue weighted by Crippen LogP contribution is -2.12. The smallest absolute Gasteiger partial charge is 0.143 e. The van der Waals surface area contributed by atoms with E-state index in [4.69, 9.17) is 8.83 Å². The lowest BCUT2D eigenvalue weighted by Gasteiger charge is -2.28. The maximum atomic E-state index is 6.38. The van der Waals surface area contributed by atoms with E-state index in [-0.39, 0.29) is 0 Å². The average molecular weight is 745 g/mol. The number of nitrogens with zero attached hydrogens (tertiary/aromatic N) is 2. The van der Waals surface area contributed by atoms with E-state index in [0.29, 0.717) is 0 Å². The summed E-state index contributed by atoms with van der Waals surface area (Å²) >= 11 is 0. The van der Waals surface area contributed by atoms with E-state index in [1.54, 1.807) is 0 Å². The SMILES string of the molecule is c1ccc(N(c2ccc(-c3cccc4c3oc3ccccc34)cc2)c2ccc(N(c3ccccc3)c3ccc(-c4cccc5c4oc4ccccc45)cc3)cc2)cc1. The van der Waals surface area contributed by atoms with Crippen LogP contribution in [0, 0.1) is 0 Å². The summed E-state index contributed by atoms with van der Waals surface area (Å²) in [6, 6.07) is 76.7. The molecule has 0 unspecified atom stereocenters. The van der Waals surface area contributed by atoms with Crippen LogP contribution < -0.4 is 9.80 Å². The predicted molar refractivity (Wildman–Crippen MR) is 241 cm³/mol. The Hall–Kier alpha value is -7.82. The summed E-state index contributed by atoms with van der Waals surface area (Å²) in [4.78, 5) is 4.60. The standard InChI is InChI=1S/C54H36N2O2/c1-3-13-39(14-4-1)55(41-29-25-37(26-30-41)45-19-11-21-49-47-17-7-9-23-51(47)57-53(45)49)43-33-35-44(36-34-43)56(40-15-5-2-6-16-40)42-31-27-38(28-32-42)46-20-12-22-50-48-18-8-10-24-52(48)58-54(46)50/h1-36H. The number of para-hydroxylation sites is 6. The van der Waals surface area contributed by atoms with Gasteiger partial charge in [-0.25, -0.2) is 0 Å². The van der Waals surface area contributed by atoms with Crippen molar-refractivity contribution in [1.29, 1.82) is 0 Å². The van der Waals surface area contributed by atoms with E-state index in [1.807, 2.05) is 24.3 Å². The molecule has 0 aliphatic rings. The minimum absolute atomic E-state index is 0.903. The van der Waals surface area contributed by atoms with Crippen LogP contribution in [-0.4, -0.2) is 0 Å². The zero-order valence-corrected chi connectivity index (χ0v) is 31.5. The van der Waals surface area contributed by atoms with Crippen molar-refractivity contribution in [3.05, 3.63) is 218 Å². The van der Waals surface area contributed by atoms with Crippen molar-refractivity contribution < 1.29 is 8.83 Å². The molecule has 0 spiro atoms. The van der Waals surface area contributed by atoms with Crippen LogP contribution in [0.1, 0.15) is 0 Å². The number of hydrogen-bond donors (Lipinski definition) is 0. The van der Waals surface area contributed by atoms with Crippen LogP contribution in [0.4, 0.5) is 34.1 Å². The fourth-order valence-electron chi connectivity index (χ4n) is 8.33. The Morgan fingerprint density at radius 2 is 0.552 bits per heavy atom. The molecule has 58 heavy (non-hydrogen) atoms. The van der Waals surface area contributed by atoms with Crippen LogP contribution in [0.2, 0.25) is 0 Å². The van der Waals surface area contributed by atoms with Gasteiger partial charge in [-0.15, -0.1) is 0 Å². The number of anilines is 6. The maximum Gasteiger partial charge on any atom is 0.143 e. The molecule has 9 aromatic carbocycles. The lowest BCUT2D eigenvalue weighted by atomic mass is 10.0. The third kappa shape index (κ3) is 5.78. The predicted octanol–water partition coefficient (Wildman–Crippen LogP) is 15.8. The van der Waals surface area contributed by atoms with Gasteiger partial charge in [0.05, 0.1) is 0 Å². The van der Waals surface area contributed by atoms with Crippen LogP contribution in [0.3, 0.4) is 0 Å². The first-order chi connectivity index (χ1) is 28.8. The Labute approximate surface area is 336 Å². The van der Waals surface area contributed by atoms with Crippen LogP contribution in [-0.2, 0) is 0 Å². The highest BCUT2D eigenvalue weighted by atomic mass is 16.3. The molecule has 0 saturated carbocycles. The molecule has 0 aliphatic carbocycles. The lowest BCUT2D eigenvalue weighted by molar-refractivity contribution is 0.669. The summed E-state index contributed by atoms with van der Waals surface area (Å²) in [5, 5.41) is 4.52.